The second-order valence-corrected chi connectivity index (χ2v) is 11.5. The zero-order chi connectivity index (χ0) is 27.3. The van der Waals surface area contributed by atoms with Gasteiger partial charge in [0.1, 0.15) is 0 Å². The molecule has 2 heterocycles. The van der Waals surface area contributed by atoms with Gasteiger partial charge in [-0.15, -0.1) is 0 Å². The summed E-state index contributed by atoms with van der Waals surface area (Å²) in [6, 6.07) is 0. The standard InChI is InChI=1S/C6H4F6N2O4S2.C5H10N2.C2H7O4P/c1-14-3(19(15,16)5(7,8)9)2-13-4(14)20(17,18)6(10,11)12;1-6-3-4-7(2)5-6;1-5-7(3,4)6-2/h2H,1H3;3-4H,5H2,1-2H3;1-2H3,(H,3,4). The number of halogens is 6. The summed E-state index contributed by atoms with van der Waals surface area (Å²) in [5, 5.41) is -3.57. The van der Waals surface area contributed by atoms with Gasteiger partial charge in [0.2, 0.25) is 5.16 Å². The summed E-state index contributed by atoms with van der Waals surface area (Å²) in [5.74, 6) is 0. The molecule has 0 saturated carbocycles. The SMILES string of the molecule is CN1C=CN(C)C1.COP(=O)(O)OC.Cn1c(S(=O)(=O)C(F)(F)F)cnc1S(=O)(=O)C(F)(F)F. The van der Waals surface area contributed by atoms with Crippen LogP contribution in [0.4, 0.5) is 26.3 Å². The third-order valence-corrected chi connectivity index (χ3v) is 7.44. The Morgan fingerprint density at radius 3 is 1.53 bits per heavy atom. The van der Waals surface area contributed by atoms with Gasteiger partial charge >= 0.3 is 28.7 Å². The largest absolute Gasteiger partial charge is 0.504 e. The van der Waals surface area contributed by atoms with Crippen LogP contribution in [-0.2, 0) is 40.3 Å². The van der Waals surface area contributed by atoms with Crippen LogP contribution < -0.4 is 0 Å². The Hall–Kier alpha value is -1.86. The minimum atomic E-state index is -6.07. The number of nitrogens with zero attached hydrogens (tertiary/aromatic N) is 4. The fourth-order valence-corrected chi connectivity index (χ4v) is 3.79. The highest BCUT2D eigenvalue weighted by Crippen LogP contribution is 2.40. The van der Waals surface area contributed by atoms with Crippen LogP contribution in [0.5, 0.6) is 0 Å². The Morgan fingerprint density at radius 1 is 0.912 bits per heavy atom. The van der Waals surface area contributed by atoms with Crippen LogP contribution in [-0.4, -0.2) is 87.1 Å². The van der Waals surface area contributed by atoms with E-state index in [-0.39, 0.29) is 10.8 Å². The first kappa shape index (κ1) is 32.1. The molecular weight excluding hydrogens is 549 g/mol. The second kappa shape index (κ2) is 11.3. The van der Waals surface area contributed by atoms with Crippen LogP contribution in [0, 0.1) is 0 Å². The number of phosphoric acid groups is 1. The molecule has 21 heteroatoms. The number of alkyl halides is 6. The molecule has 0 aromatic carbocycles. The van der Waals surface area contributed by atoms with Crippen molar-refractivity contribution in [1.82, 2.24) is 19.4 Å². The van der Waals surface area contributed by atoms with E-state index in [1.807, 2.05) is 0 Å². The van der Waals surface area contributed by atoms with Crippen molar-refractivity contribution in [2.75, 3.05) is 35.0 Å². The van der Waals surface area contributed by atoms with E-state index in [2.05, 4.69) is 50.3 Å². The summed E-state index contributed by atoms with van der Waals surface area (Å²) in [7, 11) is -9.03. The fourth-order valence-electron chi connectivity index (χ4n) is 1.85. The third kappa shape index (κ3) is 8.12. The van der Waals surface area contributed by atoms with E-state index >= 15 is 0 Å². The van der Waals surface area contributed by atoms with Crippen LogP contribution in [0.25, 0.3) is 0 Å². The summed E-state index contributed by atoms with van der Waals surface area (Å²) in [4.78, 5) is 15.1. The molecule has 0 saturated heterocycles. The Morgan fingerprint density at radius 2 is 1.29 bits per heavy atom. The number of hydrogen-bond acceptors (Lipinski definition) is 10. The van der Waals surface area contributed by atoms with Crippen molar-refractivity contribution in [2.24, 2.45) is 7.05 Å². The fraction of sp³-hybridized carbons (Fsp3) is 0.615. The summed E-state index contributed by atoms with van der Waals surface area (Å²) in [6.45, 7) is 1.03. The maximum Gasteiger partial charge on any atom is 0.504 e. The van der Waals surface area contributed by atoms with E-state index in [0.717, 1.165) is 20.9 Å². The number of phosphoric ester groups is 1. The quantitative estimate of drug-likeness (QED) is 0.416. The molecule has 200 valence electrons. The first-order valence-electron chi connectivity index (χ1n) is 8.22. The molecule has 2 rings (SSSR count). The lowest BCUT2D eigenvalue weighted by Crippen LogP contribution is -2.28. The van der Waals surface area contributed by atoms with Crippen molar-refractivity contribution < 1.29 is 61.7 Å². The molecule has 0 amide bonds. The number of hydrogen-bond donors (Lipinski definition) is 1. The number of rotatable bonds is 4. The second-order valence-electron chi connectivity index (χ2n) is 6.12. The molecule has 0 atom stereocenters. The predicted molar refractivity (Wildman–Crippen MR) is 103 cm³/mol. The lowest BCUT2D eigenvalue weighted by molar-refractivity contribution is -0.0442. The van der Waals surface area contributed by atoms with Crippen molar-refractivity contribution in [2.45, 2.75) is 21.2 Å². The zero-order valence-electron chi connectivity index (χ0n) is 18.1. The molecule has 1 aliphatic rings. The maximum absolute atomic E-state index is 12.2. The van der Waals surface area contributed by atoms with E-state index in [0.29, 0.717) is 7.05 Å². The van der Waals surface area contributed by atoms with Gasteiger partial charge in [0.05, 0.1) is 12.9 Å². The smallest absolute Gasteiger partial charge is 0.362 e. The Balaban J connectivity index is 0.000000630. The maximum atomic E-state index is 12.2. The molecule has 1 aromatic rings. The van der Waals surface area contributed by atoms with Crippen LogP contribution in [0.3, 0.4) is 0 Å². The summed E-state index contributed by atoms with van der Waals surface area (Å²) >= 11 is 0. The molecule has 12 nitrogen and oxygen atoms in total. The van der Waals surface area contributed by atoms with Gasteiger partial charge in [-0.25, -0.2) is 26.4 Å². The minimum absolute atomic E-state index is 0.110. The first-order valence-corrected chi connectivity index (χ1v) is 12.7. The molecule has 1 aliphatic heterocycles. The molecule has 0 spiro atoms. The highest BCUT2D eigenvalue weighted by Gasteiger charge is 2.53. The molecule has 1 aromatic heterocycles. The predicted octanol–water partition coefficient (Wildman–Crippen LogP) is 1.68. The van der Waals surface area contributed by atoms with Crippen molar-refractivity contribution in [3.8, 4) is 0 Å². The van der Waals surface area contributed by atoms with Crippen molar-refractivity contribution >= 4 is 27.5 Å². The first-order chi connectivity index (χ1) is 15.0. The van der Waals surface area contributed by atoms with Gasteiger partial charge in [-0.2, -0.15) is 26.3 Å². The molecule has 34 heavy (non-hydrogen) atoms. The van der Waals surface area contributed by atoms with Gasteiger partial charge in [-0.1, -0.05) is 0 Å². The van der Waals surface area contributed by atoms with Gasteiger partial charge in [0.25, 0.3) is 9.84 Å². The molecule has 1 N–H and O–H groups in total. The van der Waals surface area contributed by atoms with Crippen LogP contribution in [0.2, 0.25) is 0 Å². The summed E-state index contributed by atoms with van der Waals surface area (Å²) < 4.78 is 135. The molecule has 0 bridgehead atoms. The monoisotopic (exact) mass is 570 g/mol. The lowest BCUT2D eigenvalue weighted by atomic mass is 10.9. The molecule has 0 aliphatic carbocycles. The summed E-state index contributed by atoms with van der Waals surface area (Å²) in [5.41, 5.74) is -11.6. The molecule has 0 unspecified atom stereocenters. The van der Waals surface area contributed by atoms with Gasteiger partial charge < -0.3 is 19.3 Å². The van der Waals surface area contributed by atoms with E-state index < -0.39 is 48.7 Å². The van der Waals surface area contributed by atoms with Gasteiger partial charge in [-0.3, -0.25) is 9.05 Å². The van der Waals surface area contributed by atoms with Crippen molar-refractivity contribution in [3.63, 3.8) is 0 Å². The average molecular weight is 570 g/mol. The lowest BCUT2D eigenvalue weighted by Gasteiger charge is -2.10. The number of sulfone groups is 2. The molecule has 0 radical (unpaired) electrons. The Kier molecular flexibility index (Phi) is 10.6. The van der Waals surface area contributed by atoms with E-state index in [1.165, 1.54) is 0 Å². The van der Waals surface area contributed by atoms with Crippen LogP contribution >= 0.6 is 7.82 Å². The third-order valence-electron chi connectivity index (χ3n) is 3.51. The van der Waals surface area contributed by atoms with Gasteiger partial charge in [-0.05, 0) is 0 Å². The number of imidazole rings is 1. The summed E-state index contributed by atoms with van der Waals surface area (Å²) in [6.07, 6.45) is 4.00. The van der Waals surface area contributed by atoms with Crippen LogP contribution in [0.15, 0.2) is 28.8 Å². The van der Waals surface area contributed by atoms with Gasteiger partial charge in [0, 0.05) is 47.8 Å². The zero-order valence-corrected chi connectivity index (χ0v) is 20.6. The number of aromatic nitrogens is 2. The minimum Gasteiger partial charge on any atom is -0.362 e. The Bertz CT molecular complexity index is 1040. The van der Waals surface area contributed by atoms with Crippen molar-refractivity contribution in [3.05, 3.63) is 18.6 Å². The highest BCUT2D eigenvalue weighted by atomic mass is 32.2. The van der Waals surface area contributed by atoms with E-state index in [1.54, 1.807) is 0 Å². The molecular formula is C13H21F6N4O8PS2. The molecule has 0 fully saturated rings. The topological polar surface area (TPSA) is 148 Å². The highest BCUT2D eigenvalue weighted by molar-refractivity contribution is 7.93. The van der Waals surface area contributed by atoms with E-state index in [4.69, 9.17) is 4.89 Å². The van der Waals surface area contributed by atoms with Gasteiger partial charge in [0.15, 0.2) is 5.03 Å². The van der Waals surface area contributed by atoms with E-state index in [9.17, 15) is 47.7 Å². The Labute approximate surface area is 190 Å². The average Bonchev–Trinajstić information content (AvgIpc) is 3.26. The normalized spacial score (nSPS) is 14.9. The van der Waals surface area contributed by atoms with Crippen LogP contribution in [0.1, 0.15) is 0 Å². The van der Waals surface area contributed by atoms with Crippen molar-refractivity contribution in [1.29, 1.82) is 0 Å².